The quantitative estimate of drug-likeness (QED) is 0.406. The number of fused-ring (bicyclic) bond motifs is 2. The van der Waals surface area contributed by atoms with Crippen molar-refractivity contribution in [2.24, 2.45) is 5.10 Å². The first-order valence-corrected chi connectivity index (χ1v) is 8.90. The van der Waals surface area contributed by atoms with Gasteiger partial charge in [0.25, 0.3) is 5.91 Å². The highest BCUT2D eigenvalue weighted by molar-refractivity contribution is 5.99. The molecule has 1 aromatic heterocycles. The van der Waals surface area contributed by atoms with E-state index in [0.29, 0.717) is 28.5 Å². The van der Waals surface area contributed by atoms with Crippen LogP contribution in [0.2, 0.25) is 0 Å². The van der Waals surface area contributed by atoms with Crippen molar-refractivity contribution in [3.05, 3.63) is 64.0 Å². The Kier molecular flexibility index (Phi) is 4.90. The Morgan fingerprint density at radius 2 is 1.97 bits per heavy atom. The van der Waals surface area contributed by atoms with Gasteiger partial charge in [0.15, 0.2) is 18.1 Å². The molecule has 4 rings (SSSR count). The van der Waals surface area contributed by atoms with Gasteiger partial charge < -0.3 is 18.6 Å². The van der Waals surface area contributed by atoms with Gasteiger partial charge in [0, 0.05) is 23.1 Å². The molecule has 0 fully saturated rings. The molecule has 0 radical (unpaired) electrons. The van der Waals surface area contributed by atoms with Crippen LogP contribution in [0.3, 0.4) is 0 Å². The van der Waals surface area contributed by atoms with Gasteiger partial charge in [-0.2, -0.15) is 5.10 Å². The molecule has 0 spiro atoms. The van der Waals surface area contributed by atoms with Crippen LogP contribution in [0.4, 0.5) is 0 Å². The molecule has 0 saturated heterocycles. The molecule has 2 aromatic carbocycles. The molecule has 8 nitrogen and oxygen atoms in total. The number of amides is 1. The van der Waals surface area contributed by atoms with Crippen molar-refractivity contribution in [1.29, 1.82) is 0 Å². The van der Waals surface area contributed by atoms with Crippen LogP contribution in [-0.2, 0) is 4.79 Å². The molecule has 1 aliphatic heterocycles. The van der Waals surface area contributed by atoms with Gasteiger partial charge in [-0.25, -0.2) is 10.2 Å². The molecule has 0 saturated carbocycles. The fourth-order valence-corrected chi connectivity index (χ4v) is 2.91. The van der Waals surface area contributed by atoms with Crippen LogP contribution in [-0.4, -0.2) is 25.0 Å². The van der Waals surface area contributed by atoms with Crippen LogP contribution in [0.25, 0.3) is 11.0 Å². The molecule has 0 atom stereocenters. The van der Waals surface area contributed by atoms with Crippen molar-refractivity contribution < 1.29 is 23.4 Å². The molecule has 148 valence electrons. The summed E-state index contributed by atoms with van der Waals surface area (Å²) in [4.78, 5) is 23.6. The Balaban J connectivity index is 1.38. The van der Waals surface area contributed by atoms with Crippen LogP contribution in [0, 0.1) is 6.92 Å². The molecule has 0 aliphatic carbocycles. The van der Waals surface area contributed by atoms with Gasteiger partial charge in [0.1, 0.15) is 11.3 Å². The first-order valence-electron chi connectivity index (χ1n) is 8.90. The van der Waals surface area contributed by atoms with Crippen molar-refractivity contribution in [3.8, 4) is 17.2 Å². The second kappa shape index (κ2) is 7.67. The average Bonchev–Trinajstić information content (AvgIpc) is 3.17. The lowest BCUT2D eigenvalue weighted by Gasteiger charge is -2.07. The summed E-state index contributed by atoms with van der Waals surface area (Å²) >= 11 is 0. The Morgan fingerprint density at radius 3 is 2.83 bits per heavy atom. The summed E-state index contributed by atoms with van der Waals surface area (Å²) in [5.74, 6) is 1.32. The molecule has 8 heteroatoms. The van der Waals surface area contributed by atoms with Gasteiger partial charge in [0.05, 0.1) is 5.71 Å². The molecule has 0 unspecified atom stereocenters. The summed E-state index contributed by atoms with van der Waals surface area (Å²) in [6.07, 6.45) is 0. The number of aryl methyl sites for hydroxylation is 1. The van der Waals surface area contributed by atoms with E-state index in [1.54, 1.807) is 37.3 Å². The summed E-state index contributed by atoms with van der Waals surface area (Å²) < 4.78 is 21.3. The third kappa shape index (κ3) is 4.06. The smallest absolute Gasteiger partial charge is 0.336 e. The van der Waals surface area contributed by atoms with E-state index < -0.39 is 11.5 Å². The molecule has 2 heterocycles. The zero-order valence-electron chi connectivity index (χ0n) is 15.9. The van der Waals surface area contributed by atoms with E-state index in [1.165, 1.54) is 6.07 Å². The van der Waals surface area contributed by atoms with E-state index in [0.717, 1.165) is 16.5 Å². The van der Waals surface area contributed by atoms with E-state index in [-0.39, 0.29) is 13.4 Å². The van der Waals surface area contributed by atoms with Gasteiger partial charge in [0.2, 0.25) is 6.79 Å². The Labute approximate surface area is 165 Å². The lowest BCUT2D eigenvalue weighted by molar-refractivity contribution is -0.123. The number of benzene rings is 2. The molecular weight excluding hydrogens is 376 g/mol. The number of nitrogens with zero attached hydrogens (tertiary/aromatic N) is 1. The highest BCUT2D eigenvalue weighted by atomic mass is 16.7. The predicted molar refractivity (Wildman–Crippen MR) is 106 cm³/mol. The zero-order chi connectivity index (χ0) is 20.4. The number of rotatable bonds is 5. The van der Waals surface area contributed by atoms with Gasteiger partial charge in [-0.05, 0) is 49.7 Å². The molecule has 29 heavy (non-hydrogen) atoms. The van der Waals surface area contributed by atoms with E-state index in [9.17, 15) is 9.59 Å². The third-order valence-electron chi connectivity index (χ3n) is 4.43. The second-order valence-electron chi connectivity index (χ2n) is 6.50. The number of nitrogens with one attached hydrogen (secondary N) is 1. The van der Waals surface area contributed by atoms with Crippen molar-refractivity contribution in [2.45, 2.75) is 13.8 Å². The number of carbonyl (C=O) groups excluding carboxylic acids is 1. The number of hydrazone groups is 1. The Hall–Kier alpha value is -3.81. The largest absolute Gasteiger partial charge is 0.484 e. The Morgan fingerprint density at radius 1 is 1.14 bits per heavy atom. The summed E-state index contributed by atoms with van der Waals surface area (Å²) in [5.41, 5.74) is 4.65. The molecular formula is C21H18N2O6. The maximum absolute atomic E-state index is 12.0. The average molecular weight is 394 g/mol. The van der Waals surface area contributed by atoms with Gasteiger partial charge in [-0.3, -0.25) is 4.79 Å². The van der Waals surface area contributed by atoms with Crippen LogP contribution in [0.15, 0.2) is 56.8 Å². The molecule has 3 aromatic rings. The predicted octanol–water partition coefficient (Wildman–Crippen LogP) is 2.75. The first kappa shape index (κ1) is 18.5. The molecule has 1 aliphatic rings. The number of ether oxygens (including phenoxy) is 3. The minimum atomic E-state index is -0.432. The zero-order valence-corrected chi connectivity index (χ0v) is 15.9. The minimum Gasteiger partial charge on any atom is -0.484 e. The monoisotopic (exact) mass is 394 g/mol. The number of carbonyl (C=O) groups is 1. The Bertz CT molecular complexity index is 1180. The van der Waals surface area contributed by atoms with E-state index in [2.05, 4.69) is 10.5 Å². The fraction of sp³-hybridized carbons (Fsp3) is 0.190. The highest BCUT2D eigenvalue weighted by Gasteiger charge is 2.14. The third-order valence-corrected chi connectivity index (χ3v) is 4.43. The summed E-state index contributed by atoms with van der Waals surface area (Å²) in [6.45, 7) is 3.56. The molecule has 1 N–H and O–H groups in total. The SMILES string of the molecule is C/C(=N/NC(=O)COc1ccc2c(C)cc(=O)oc2c1)c1ccc2c(c1)OCO2. The van der Waals surface area contributed by atoms with Crippen molar-refractivity contribution in [2.75, 3.05) is 13.4 Å². The van der Waals surface area contributed by atoms with E-state index >= 15 is 0 Å². The van der Waals surface area contributed by atoms with E-state index in [4.69, 9.17) is 18.6 Å². The van der Waals surface area contributed by atoms with Gasteiger partial charge in [-0.15, -0.1) is 0 Å². The topological polar surface area (TPSA) is 99.4 Å². The first-order chi connectivity index (χ1) is 14.0. The number of hydrogen-bond donors (Lipinski definition) is 1. The van der Waals surface area contributed by atoms with Crippen molar-refractivity contribution in [3.63, 3.8) is 0 Å². The second-order valence-corrected chi connectivity index (χ2v) is 6.50. The van der Waals surface area contributed by atoms with Gasteiger partial charge >= 0.3 is 5.63 Å². The van der Waals surface area contributed by atoms with Gasteiger partial charge in [-0.1, -0.05) is 0 Å². The normalized spacial score (nSPS) is 12.8. The summed E-state index contributed by atoms with van der Waals surface area (Å²) in [5, 5.41) is 4.90. The maximum Gasteiger partial charge on any atom is 0.336 e. The fourth-order valence-electron chi connectivity index (χ4n) is 2.91. The van der Waals surface area contributed by atoms with Crippen molar-refractivity contribution in [1.82, 2.24) is 5.43 Å². The van der Waals surface area contributed by atoms with E-state index in [1.807, 2.05) is 13.0 Å². The molecule has 1 amide bonds. The number of hydrogen-bond acceptors (Lipinski definition) is 7. The lowest BCUT2D eigenvalue weighted by atomic mass is 10.1. The van der Waals surface area contributed by atoms with Crippen LogP contribution < -0.4 is 25.3 Å². The highest BCUT2D eigenvalue weighted by Crippen LogP contribution is 2.32. The molecule has 0 bridgehead atoms. The summed E-state index contributed by atoms with van der Waals surface area (Å²) in [7, 11) is 0. The van der Waals surface area contributed by atoms with Crippen LogP contribution in [0.1, 0.15) is 18.1 Å². The van der Waals surface area contributed by atoms with Crippen molar-refractivity contribution >= 4 is 22.6 Å². The summed E-state index contributed by atoms with van der Waals surface area (Å²) in [6, 6.07) is 11.9. The minimum absolute atomic E-state index is 0.195. The van der Waals surface area contributed by atoms with Crippen LogP contribution >= 0.6 is 0 Å². The maximum atomic E-state index is 12.0. The standard InChI is InChI=1S/C21H18N2O6/c1-12-7-21(25)29-18-9-15(4-5-16(12)18)26-10-20(24)23-22-13(2)14-3-6-17-19(8-14)28-11-27-17/h3-9H,10-11H2,1-2H3,(H,23,24)/b22-13-. The lowest BCUT2D eigenvalue weighted by Crippen LogP contribution is -2.25. The van der Waals surface area contributed by atoms with Crippen LogP contribution in [0.5, 0.6) is 17.2 Å².